The van der Waals surface area contributed by atoms with E-state index in [1.165, 1.54) is 24.3 Å². The first-order valence-electron chi connectivity index (χ1n) is 5.32. The average molecular weight is 236 g/mol. The highest BCUT2D eigenvalue weighted by Gasteiger charge is 2.20. The number of non-ortho nitro benzene ring substituents is 1. The summed E-state index contributed by atoms with van der Waals surface area (Å²) in [6.45, 7) is 0.919. The molecule has 1 saturated heterocycles. The van der Waals surface area contributed by atoms with E-state index in [1.54, 1.807) is 4.90 Å². The molecule has 0 bridgehead atoms. The van der Waals surface area contributed by atoms with E-state index in [-0.39, 0.29) is 18.3 Å². The molecule has 1 heterocycles. The van der Waals surface area contributed by atoms with Gasteiger partial charge in [-0.1, -0.05) is 0 Å². The second kappa shape index (κ2) is 4.82. The number of likely N-dealkylation sites (tertiary alicyclic amines) is 1. The van der Waals surface area contributed by atoms with Crippen LogP contribution in [0, 0.1) is 10.1 Å². The predicted octanol–water partition coefficient (Wildman–Crippen LogP) is 1.55. The van der Waals surface area contributed by atoms with Crippen LogP contribution in [0.1, 0.15) is 12.8 Å². The van der Waals surface area contributed by atoms with Gasteiger partial charge in [-0.05, 0) is 18.6 Å². The highest BCUT2D eigenvalue weighted by Crippen LogP contribution is 2.18. The van der Waals surface area contributed by atoms with Gasteiger partial charge in [0.05, 0.1) is 4.92 Å². The van der Waals surface area contributed by atoms with Crippen LogP contribution in [0.5, 0.6) is 5.75 Å². The van der Waals surface area contributed by atoms with Gasteiger partial charge in [-0.3, -0.25) is 14.9 Å². The molecule has 6 heteroatoms. The Labute approximate surface area is 97.9 Å². The van der Waals surface area contributed by atoms with E-state index in [0.717, 1.165) is 6.42 Å². The fourth-order valence-corrected chi connectivity index (χ4v) is 1.66. The van der Waals surface area contributed by atoms with Gasteiger partial charge in [-0.2, -0.15) is 0 Å². The number of hydrogen-bond acceptors (Lipinski definition) is 4. The molecule has 0 spiro atoms. The fourth-order valence-electron chi connectivity index (χ4n) is 1.66. The molecule has 17 heavy (non-hydrogen) atoms. The van der Waals surface area contributed by atoms with Crippen molar-refractivity contribution < 1.29 is 14.5 Å². The Morgan fingerprint density at radius 3 is 2.59 bits per heavy atom. The maximum Gasteiger partial charge on any atom is 0.269 e. The van der Waals surface area contributed by atoms with Crippen LogP contribution in [-0.4, -0.2) is 29.0 Å². The fraction of sp³-hybridized carbons (Fsp3) is 0.364. The monoisotopic (exact) mass is 236 g/mol. The summed E-state index contributed by atoms with van der Waals surface area (Å²) >= 11 is 0. The van der Waals surface area contributed by atoms with Gasteiger partial charge in [0.15, 0.2) is 6.73 Å². The Morgan fingerprint density at radius 1 is 1.35 bits per heavy atom. The molecule has 0 unspecified atom stereocenters. The summed E-state index contributed by atoms with van der Waals surface area (Å²) in [5.41, 5.74) is 0.0228. The molecule has 0 N–H and O–H groups in total. The molecule has 6 nitrogen and oxygen atoms in total. The molecule has 1 aromatic carbocycles. The molecule has 1 aliphatic heterocycles. The molecule has 0 atom stereocenters. The molecular formula is C11H12N2O4. The van der Waals surface area contributed by atoms with Gasteiger partial charge in [0.2, 0.25) is 5.91 Å². The molecular weight excluding hydrogens is 224 g/mol. The minimum absolute atomic E-state index is 0.0228. The molecule has 0 aliphatic carbocycles. The van der Waals surface area contributed by atoms with Crippen LogP contribution in [0.3, 0.4) is 0 Å². The molecule has 0 saturated carbocycles. The zero-order valence-electron chi connectivity index (χ0n) is 9.17. The Kier molecular flexibility index (Phi) is 3.22. The van der Waals surface area contributed by atoms with Crippen LogP contribution >= 0.6 is 0 Å². The molecule has 1 aliphatic rings. The van der Waals surface area contributed by atoms with Crippen LogP contribution in [-0.2, 0) is 4.79 Å². The van der Waals surface area contributed by atoms with E-state index >= 15 is 0 Å². The first kappa shape index (κ1) is 11.4. The molecule has 90 valence electrons. The summed E-state index contributed by atoms with van der Waals surface area (Å²) in [4.78, 5) is 22.9. The SMILES string of the molecule is O=C1CCCN1COc1ccc([N+](=O)[O-])cc1. The van der Waals surface area contributed by atoms with Crippen LogP contribution in [0.15, 0.2) is 24.3 Å². The quantitative estimate of drug-likeness (QED) is 0.587. The van der Waals surface area contributed by atoms with Crippen molar-refractivity contribution in [2.24, 2.45) is 0 Å². The Hall–Kier alpha value is -2.11. The smallest absolute Gasteiger partial charge is 0.269 e. The third-order valence-electron chi connectivity index (χ3n) is 2.61. The lowest BCUT2D eigenvalue weighted by molar-refractivity contribution is -0.384. The number of benzene rings is 1. The van der Waals surface area contributed by atoms with Crippen molar-refractivity contribution in [3.8, 4) is 5.75 Å². The minimum atomic E-state index is -0.465. The van der Waals surface area contributed by atoms with Gasteiger partial charge in [0.1, 0.15) is 5.75 Å². The number of ether oxygens (including phenoxy) is 1. The van der Waals surface area contributed by atoms with Gasteiger partial charge >= 0.3 is 0 Å². The topological polar surface area (TPSA) is 72.7 Å². The Balaban J connectivity index is 1.91. The summed E-state index contributed by atoms with van der Waals surface area (Å²) in [5.74, 6) is 0.613. The number of hydrogen-bond donors (Lipinski definition) is 0. The lowest BCUT2D eigenvalue weighted by Gasteiger charge is -2.16. The highest BCUT2D eigenvalue weighted by molar-refractivity contribution is 5.77. The first-order valence-corrected chi connectivity index (χ1v) is 5.32. The maximum absolute atomic E-state index is 11.3. The van der Waals surface area contributed by atoms with Gasteiger partial charge < -0.3 is 9.64 Å². The lowest BCUT2D eigenvalue weighted by Crippen LogP contribution is -2.28. The Bertz CT molecular complexity index is 430. The highest BCUT2D eigenvalue weighted by atomic mass is 16.6. The van der Waals surface area contributed by atoms with Crippen molar-refractivity contribution in [3.63, 3.8) is 0 Å². The molecule has 1 amide bonds. The van der Waals surface area contributed by atoms with Crippen LogP contribution < -0.4 is 4.74 Å². The largest absolute Gasteiger partial charge is 0.473 e. The third-order valence-corrected chi connectivity index (χ3v) is 2.61. The first-order chi connectivity index (χ1) is 8.16. The van der Waals surface area contributed by atoms with E-state index in [0.29, 0.717) is 18.7 Å². The van der Waals surface area contributed by atoms with Crippen LogP contribution in [0.2, 0.25) is 0 Å². The molecule has 2 rings (SSSR count). The molecule has 1 fully saturated rings. The summed E-state index contributed by atoms with van der Waals surface area (Å²) in [5, 5.41) is 10.4. The second-order valence-corrected chi connectivity index (χ2v) is 3.79. The van der Waals surface area contributed by atoms with Gasteiger partial charge in [-0.25, -0.2) is 0 Å². The van der Waals surface area contributed by atoms with Gasteiger partial charge in [-0.15, -0.1) is 0 Å². The molecule has 0 radical (unpaired) electrons. The van der Waals surface area contributed by atoms with E-state index in [1.807, 2.05) is 0 Å². The minimum Gasteiger partial charge on any atom is -0.473 e. The standard InChI is InChI=1S/C11H12N2O4/c14-11-2-1-7-12(11)8-17-10-5-3-9(4-6-10)13(15)16/h3-6H,1-2,7-8H2. The van der Waals surface area contributed by atoms with Crippen molar-refractivity contribution in [1.29, 1.82) is 0 Å². The number of amides is 1. The summed E-state index contributed by atoms with van der Waals surface area (Å²) < 4.78 is 5.38. The maximum atomic E-state index is 11.3. The van der Waals surface area contributed by atoms with E-state index < -0.39 is 4.92 Å². The molecule has 1 aromatic rings. The summed E-state index contributed by atoms with van der Waals surface area (Å²) in [6, 6.07) is 5.81. The van der Waals surface area contributed by atoms with E-state index in [2.05, 4.69) is 0 Å². The van der Waals surface area contributed by atoms with E-state index in [9.17, 15) is 14.9 Å². The average Bonchev–Trinajstić information content (AvgIpc) is 2.73. The zero-order chi connectivity index (χ0) is 12.3. The Morgan fingerprint density at radius 2 is 2.06 bits per heavy atom. The van der Waals surface area contributed by atoms with Gasteiger partial charge in [0, 0.05) is 25.1 Å². The normalized spacial score (nSPS) is 15.1. The van der Waals surface area contributed by atoms with Crippen molar-refractivity contribution in [3.05, 3.63) is 34.4 Å². The number of carbonyl (C=O) groups is 1. The third kappa shape index (κ3) is 2.72. The summed E-state index contributed by atoms with van der Waals surface area (Å²) in [6.07, 6.45) is 1.44. The van der Waals surface area contributed by atoms with Gasteiger partial charge in [0.25, 0.3) is 5.69 Å². The predicted molar refractivity (Wildman–Crippen MR) is 59.5 cm³/mol. The summed E-state index contributed by atoms with van der Waals surface area (Å²) in [7, 11) is 0. The van der Waals surface area contributed by atoms with Crippen molar-refractivity contribution in [2.75, 3.05) is 13.3 Å². The number of carbonyl (C=O) groups excluding carboxylic acids is 1. The number of rotatable bonds is 4. The number of nitro groups is 1. The second-order valence-electron chi connectivity index (χ2n) is 3.79. The van der Waals surface area contributed by atoms with Crippen LogP contribution in [0.4, 0.5) is 5.69 Å². The van der Waals surface area contributed by atoms with Crippen molar-refractivity contribution >= 4 is 11.6 Å². The molecule has 0 aromatic heterocycles. The zero-order valence-corrected chi connectivity index (χ0v) is 9.17. The van der Waals surface area contributed by atoms with Crippen molar-refractivity contribution in [1.82, 2.24) is 4.90 Å². The number of nitrogens with zero attached hydrogens (tertiary/aromatic N) is 2. The van der Waals surface area contributed by atoms with Crippen molar-refractivity contribution in [2.45, 2.75) is 12.8 Å². The van der Waals surface area contributed by atoms with E-state index in [4.69, 9.17) is 4.74 Å². The lowest BCUT2D eigenvalue weighted by atomic mass is 10.3. The van der Waals surface area contributed by atoms with Crippen LogP contribution in [0.25, 0.3) is 0 Å². The number of nitro benzene ring substituents is 1.